The van der Waals surface area contributed by atoms with E-state index in [4.69, 9.17) is 11.6 Å². The summed E-state index contributed by atoms with van der Waals surface area (Å²) in [4.78, 5) is 19.4. The minimum absolute atomic E-state index is 0.255. The van der Waals surface area contributed by atoms with Crippen molar-refractivity contribution in [2.45, 2.75) is 25.3 Å². The van der Waals surface area contributed by atoms with Crippen LogP contribution in [0, 0.1) is 0 Å². The number of benzene rings is 1. The average Bonchev–Trinajstić information content (AvgIpc) is 3.34. The Balaban J connectivity index is 1.85. The van der Waals surface area contributed by atoms with Crippen molar-refractivity contribution in [1.82, 2.24) is 9.97 Å². The van der Waals surface area contributed by atoms with Gasteiger partial charge in [-0.15, -0.1) is 0 Å². The van der Waals surface area contributed by atoms with Gasteiger partial charge in [-0.1, -0.05) is 11.6 Å². The second-order valence-electron chi connectivity index (χ2n) is 5.18. The maximum atomic E-state index is 12.9. The molecule has 1 aromatic carbocycles. The standard InChI is InChI=1S/C15H13ClF2N4O/c16-8-1-4-11(12(5-8)21-9-2-3-9)22-15(23)10-6-19-7-20-13(10)14(17)18/h1,4-7,9,14,21H,2-3H2,(H,22,23). The molecule has 1 aromatic heterocycles. The van der Waals surface area contributed by atoms with Gasteiger partial charge in [-0.25, -0.2) is 18.7 Å². The van der Waals surface area contributed by atoms with Crippen LogP contribution in [0.1, 0.15) is 35.3 Å². The zero-order chi connectivity index (χ0) is 16.4. The smallest absolute Gasteiger partial charge is 0.281 e. The van der Waals surface area contributed by atoms with E-state index in [1.54, 1.807) is 18.2 Å². The molecule has 1 aliphatic carbocycles. The van der Waals surface area contributed by atoms with Crippen LogP contribution in [0.3, 0.4) is 0 Å². The number of carbonyl (C=O) groups is 1. The molecule has 0 aliphatic heterocycles. The quantitative estimate of drug-likeness (QED) is 0.867. The van der Waals surface area contributed by atoms with Gasteiger partial charge in [-0.3, -0.25) is 4.79 Å². The Morgan fingerprint density at radius 1 is 1.30 bits per heavy atom. The fraction of sp³-hybridized carbons (Fsp3) is 0.267. The maximum absolute atomic E-state index is 12.9. The number of carbonyl (C=O) groups excluding carboxylic acids is 1. The van der Waals surface area contributed by atoms with Crippen LogP contribution in [0.5, 0.6) is 0 Å². The molecule has 0 saturated heterocycles. The summed E-state index contributed by atoms with van der Waals surface area (Å²) in [5, 5.41) is 6.37. The van der Waals surface area contributed by atoms with E-state index in [0.29, 0.717) is 22.4 Å². The molecule has 5 nitrogen and oxygen atoms in total. The lowest BCUT2D eigenvalue weighted by Gasteiger charge is -2.14. The van der Waals surface area contributed by atoms with Crippen molar-refractivity contribution in [3.8, 4) is 0 Å². The first-order valence-corrected chi connectivity index (χ1v) is 7.38. The monoisotopic (exact) mass is 338 g/mol. The first kappa shape index (κ1) is 15.6. The van der Waals surface area contributed by atoms with Crippen molar-refractivity contribution >= 4 is 28.9 Å². The molecular weight excluding hydrogens is 326 g/mol. The highest BCUT2D eigenvalue weighted by Gasteiger charge is 2.24. The molecule has 8 heteroatoms. The lowest BCUT2D eigenvalue weighted by atomic mass is 10.2. The highest BCUT2D eigenvalue weighted by atomic mass is 35.5. The van der Waals surface area contributed by atoms with E-state index < -0.39 is 18.0 Å². The van der Waals surface area contributed by atoms with E-state index in [1.807, 2.05) is 0 Å². The molecule has 2 aromatic rings. The third kappa shape index (κ3) is 3.73. The van der Waals surface area contributed by atoms with Crippen LogP contribution >= 0.6 is 11.6 Å². The molecule has 23 heavy (non-hydrogen) atoms. The van der Waals surface area contributed by atoms with Crippen molar-refractivity contribution in [1.29, 1.82) is 0 Å². The third-order valence-corrected chi connectivity index (χ3v) is 3.60. The summed E-state index contributed by atoms with van der Waals surface area (Å²) in [6.07, 6.45) is 1.30. The number of halogens is 3. The van der Waals surface area contributed by atoms with Crippen LogP contribution in [0.2, 0.25) is 5.02 Å². The largest absolute Gasteiger partial charge is 0.381 e. The number of nitrogens with one attached hydrogen (secondary N) is 2. The zero-order valence-electron chi connectivity index (χ0n) is 11.9. The molecule has 1 aliphatic rings. The van der Waals surface area contributed by atoms with E-state index in [9.17, 15) is 13.6 Å². The lowest BCUT2D eigenvalue weighted by Crippen LogP contribution is -2.17. The van der Waals surface area contributed by atoms with Crippen molar-refractivity contribution < 1.29 is 13.6 Å². The predicted octanol–water partition coefficient (Wildman–Crippen LogP) is 3.89. The summed E-state index contributed by atoms with van der Waals surface area (Å²) in [7, 11) is 0. The SMILES string of the molecule is O=C(Nc1ccc(Cl)cc1NC1CC1)c1cncnc1C(F)F. The average molecular weight is 339 g/mol. The van der Waals surface area contributed by atoms with Gasteiger partial charge in [0.2, 0.25) is 0 Å². The van der Waals surface area contributed by atoms with E-state index >= 15 is 0 Å². The normalized spacial score (nSPS) is 13.9. The van der Waals surface area contributed by atoms with E-state index in [2.05, 4.69) is 20.6 Å². The van der Waals surface area contributed by atoms with E-state index in [1.165, 1.54) is 0 Å². The van der Waals surface area contributed by atoms with Gasteiger partial charge in [0.25, 0.3) is 12.3 Å². The highest BCUT2D eigenvalue weighted by Crippen LogP contribution is 2.32. The molecule has 1 heterocycles. The summed E-state index contributed by atoms with van der Waals surface area (Å²) in [6, 6.07) is 5.27. The predicted molar refractivity (Wildman–Crippen MR) is 83.0 cm³/mol. The van der Waals surface area contributed by atoms with E-state index in [-0.39, 0.29) is 5.56 Å². The molecule has 0 unspecified atom stereocenters. The highest BCUT2D eigenvalue weighted by molar-refractivity contribution is 6.31. The Bertz CT molecular complexity index is 737. The molecule has 0 bridgehead atoms. The number of hydrogen-bond acceptors (Lipinski definition) is 4. The van der Waals surface area contributed by atoms with Crippen molar-refractivity contribution in [2.75, 3.05) is 10.6 Å². The fourth-order valence-corrected chi connectivity index (χ4v) is 2.24. The third-order valence-electron chi connectivity index (χ3n) is 3.36. The number of amides is 1. The Kier molecular flexibility index (Phi) is 4.38. The fourth-order valence-electron chi connectivity index (χ4n) is 2.07. The van der Waals surface area contributed by atoms with Gasteiger partial charge in [-0.2, -0.15) is 0 Å². The number of aromatic nitrogens is 2. The Labute approximate surface area is 136 Å². The zero-order valence-corrected chi connectivity index (χ0v) is 12.6. The molecule has 0 spiro atoms. The summed E-state index contributed by atoms with van der Waals surface area (Å²) in [6.45, 7) is 0. The molecule has 1 amide bonds. The summed E-state index contributed by atoms with van der Waals surface area (Å²) < 4.78 is 25.9. The number of anilines is 2. The van der Waals surface area contributed by atoms with Crippen LogP contribution in [0.25, 0.3) is 0 Å². The van der Waals surface area contributed by atoms with E-state index in [0.717, 1.165) is 25.4 Å². The lowest BCUT2D eigenvalue weighted by molar-refractivity contribution is 0.100. The van der Waals surface area contributed by atoms with Crippen molar-refractivity contribution in [3.05, 3.63) is 47.0 Å². The van der Waals surface area contributed by atoms with Gasteiger partial charge in [0.15, 0.2) is 0 Å². The first-order valence-electron chi connectivity index (χ1n) is 7.00. The summed E-state index contributed by atoms with van der Waals surface area (Å²) in [5.41, 5.74) is 0.275. The maximum Gasteiger partial charge on any atom is 0.281 e. The minimum atomic E-state index is -2.85. The minimum Gasteiger partial charge on any atom is -0.381 e. The molecule has 1 fully saturated rings. The van der Waals surface area contributed by atoms with Gasteiger partial charge in [0.1, 0.15) is 12.0 Å². The van der Waals surface area contributed by atoms with Gasteiger partial charge in [-0.05, 0) is 31.0 Å². The Morgan fingerprint density at radius 3 is 2.78 bits per heavy atom. The number of rotatable bonds is 5. The van der Waals surface area contributed by atoms with Crippen LogP contribution in [-0.4, -0.2) is 21.9 Å². The number of hydrogen-bond donors (Lipinski definition) is 2. The van der Waals surface area contributed by atoms with Gasteiger partial charge in [0, 0.05) is 17.3 Å². The Morgan fingerprint density at radius 2 is 2.09 bits per heavy atom. The van der Waals surface area contributed by atoms with Crippen molar-refractivity contribution in [3.63, 3.8) is 0 Å². The molecular formula is C15H13ClF2N4O. The molecule has 120 valence electrons. The van der Waals surface area contributed by atoms with Gasteiger partial charge >= 0.3 is 0 Å². The molecule has 1 saturated carbocycles. The molecule has 0 atom stereocenters. The van der Waals surface area contributed by atoms with Crippen LogP contribution < -0.4 is 10.6 Å². The molecule has 0 radical (unpaired) electrons. The Hall–Kier alpha value is -2.28. The topological polar surface area (TPSA) is 66.9 Å². The van der Waals surface area contributed by atoms with Crippen molar-refractivity contribution in [2.24, 2.45) is 0 Å². The first-order chi connectivity index (χ1) is 11.0. The number of alkyl halides is 2. The van der Waals surface area contributed by atoms with Gasteiger partial charge < -0.3 is 10.6 Å². The second kappa shape index (κ2) is 6.45. The number of nitrogens with zero attached hydrogens (tertiary/aromatic N) is 2. The van der Waals surface area contributed by atoms with Gasteiger partial charge in [0.05, 0.1) is 16.9 Å². The molecule has 2 N–H and O–H groups in total. The summed E-state index contributed by atoms with van der Waals surface area (Å²) >= 11 is 5.97. The molecule has 3 rings (SSSR count). The van der Waals surface area contributed by atoms with Crippen LogP contribution in [0.4, 0.5) is 20.2 Å². The van der Waals surface area contributed by atoms with Crippen LogP contribution in [0.15, 0.2) is 30.7 Å². The van der Waals surface area contributed by atoms with Crippen LogP contribution in [-0.2, 0) is 0 Å². The summed E-state index contributed by atoms with van der Waals surface area (Å²) in [5.74, 6) is -0.693. The second-order valence-corrected chi connectivity index (χ2v) is 5.62.